The van der Waals surface area contributed by atoms with Crippen LogP contribution in [0, 0.1) is 5.41 Å². The van der Waals surface area contributed by atoms with Crippen LogP contribution in [0.1, 0.15) is 26.3 Å². The van der Waals surface area contributed by atoms with Crippen molar-refractivity contribution < 1.29 is 18.3 Å². The summed E-state index contributed by atoms with van der Waals surface area (Å²) < 4.78 is 31.1. The van der Waals surface area contributed by atoms with E-state index in [0.717, 1.165) is 11.3 Å². The van der Waals surface area contributed by atoms with E-state index in [4.69, 9.17) is 25.4 Å². The van der Waals surface area contributed by atoms with Crippen LogP contribution in [0.4, 0.5) is 0 Å². The standard InChI is InChI=1S/C15H20ClN2O4P/c1-4-21-23(19,22-5-2)18-9-15(3)10-20-13-8-11(16)6-7-12(13)14(15)17-18/h6-8H,4-5,9-10H2,1-3H3. The molecule has 1 unspecified atom stereocenters. The molecule has 8 heteroatoms. The molecule has 0 aromatic heterocycles. The van der Waals surface area contributed by atoms with Gasteiger partial charge in [0.25, 0.3) is 0 Å². The Hall–Kier alpha value is -1.07. The third kappa shape index (κ3) is 2.89. The van der Waals surface area contributed by atoms with Gasteiger partial charge in [-0.2, -0.15) is 9.88 Å². The van der Waals surface area contributed by atoms with Gasteiger partial charge in [-0.25, -0.2) is 4.57 Å². The van der Waals surface area contributed by atoms with Crippen LogP contribution in [0.2, 0.25) is 5.02 Å². The number of nitrogens with zero attached hydrogens (tertiary/aromatic N) is 2. The third-order valence-corrected chi connectivity index (χ3v) is 6.09. The maximum atomic E-state index is 13.0. The van der Waals surface area contributed by atoms with Crippen LogP contribution in [-0.4, -0.2) is 36.9 Å². The van der Waals surface area contributed by atoms with Crippen LogP contribution in [0.25, 0.3) is 0 Å². The first-order valence-corrected chi connectivity index (χ1v) is 9.48. The molecule has 2 aliphatic rings. The second-order valence-electron chi connectivity index (χ2n) is 5.77. The Labute approximate surface area is 140 Å². The van der Waals surface area contributed by atoms with E-state index in [9.17, 15) is 4.57 Å². The zero-order chi connectivity index (χ0) is 16.7. The molecular weight excluding hydrogens is 339 g/mol. The quantitative estimate of drug-likeness (QED) is 0.746. The highest BCUT2D eigenvalue weighted by Gasteiger charge is 2.49. The predicted octanol–water partition coefficient (Wildman–Crippen LogP) is 3.94. The molecule has 2 aliphatic heterocycles. The molecular formula is C15H20ClN2O4P. The second kappa shape index (κ2) is 6.10. The molecule has 1 aromatic rings. The van der Waals surface area contributed by atoms with Crippen LogP contribution >= 0.6 is 19.3 Å². The monoisotopic (exact) mass is 358 g/mol. The van der Waals surface area contributed by atoms with E-state index in [0.29, 0.717) is 23.9 Å². The molecule has 0 fully saturated rings. The van der Waals surface area contributed by atoms with Crippen molar-refractivity contribution in [1.29, 1.82) is 0 Å². The van der Waals surface area contributed by atoms with Crippen LogP contribution in [0.3, 0.4) is 0 Å². The summed E-state index contributed by atoms with van der Waals surface area (Å²) in [5.41, 5.74) is 1.32. The molecule has 3 rings (SSSR count). The van der Waals surface area contributed by atoms with Gasteiger partial charge in [0.15, 0.2) is 0 Å². The Morgan fingerprint density at radius 3 is 2.74 bits per heavy atom. The van der Waals surface area contributed by atoms with E-state index in [1.807, 2.05) is 13.0 Å². The van der Waals surface area contributed by atoms with Gasteiger partial charge in [0.2, 0.25) is 0 Å². The van der Waals surface area contributed by atoms with E-state index in [-0.39, 0.29) is 18.6 Å². The molecule has 0 spiro atoms. The van der Waals surface area contributed by atoms with Gasteiger partial charge in [-0.15, -0.1) is 0 Å². The van der Waals surface area contributed by atoms with Crippen molar-refractivity contribution in [1.82, 2.24) is 4.78 Å². The van der Waals surface area contributed by atoms with E-state index in [2.05, 4.69) is 5.10 Å². The number of halogens is 1. The summed E-state index contributed by atoms with van der Waals surface area (Å²) in [6.07, 6.45) is 0. The summed E-state index contributed by atoms with van der Waals surface area (Å²) in [5.74, 6) is 0.693. The smallest absolute Gasteiger partial charge is 0.450 e. The van der Waals surface area contributed by atoms with Gasteiger partial charge < -0.3 is 4.74 Å². The van der Waals surface area contributed by atoms with E-state index < -0.39 is 7.75 Å². The summed E-state index contributed by atoms with van der Waals surface area (Å²) in [6.45, 7) is 7.03. The van der Waals surface area contributed by atoms with Gasteiger partial charge in [0, 0.05) is 10.6 Å². The molecule has 23 heavy (non-hydrogen) atoms. The van der Waals surface area contributed by atoms with Crippen molar-refractivity contribution in [2.75, 3.05) is 26.4 Å². The Balaban J connectivity index is 2.01. The van der Waals surface area contributed by atoms with Crippen molar-refractivity contribution in [2.45, 2.75) is 20.8 Å². The van der Waals surface area contributed by atoms with Crippen LogP contribution in [-0.2, 0) is 13.6 Å². The Kier molecular flexibility index (Phi) is 4.45. The summed E-state index contributed by atoms with van der Waals surface area (Å²) in [5, 5.41) is 5.18. The first-order valence-electron chi connectivity index (χ1n) is 7.61. The highest BCUT2D eigenvalue weighted by molar-refractivity contribution is 7.51. The summed E-state index contributed by atoms with van der Waals surface area (Å²) in [6, 6.07) is 5.45. The number of benzene rings is 1. The van der Waals surface area contributed by atoms with E-state index in [1.165, 1.54) is 4.78 Å². The summed E-state index contributed by atoms with van der Waals surface area (Å²) in [4.78, 5) is 0. The van der Waals surface area contributed by atoms with Crippen molar-refractivity contribution in [3.63, 3.8) is 0 Å². The van der Waals surface area contributed by atoms with Gasteiger partial charge >= 0.3 is 7.75 Å². The van der Waals surface area contributed by atoms with Gasteiger partial charge in [-0.1, -0.05) is 11.6 Å². The molecule has 0 bridgehead atoms. The average Bonchev–Trinajstić information content (AvgIpc) is 2.86. The summed E-state index contributed by atoms with van der Waals surface area (Å²) in [7, 11) is -3.44. The number of hydrazone groups is 1. The van der Waals surface area contributed by atoms with Gasteiger partial charge in [-0.05, 0) is 39.0 Å². The maximum Gasteiger partial charge on any atom is 0.450 e. The zero-order valence-corrected chi connectivity index (χ0v) is 15.1. The lowest BCUT2D eigenvalue weighted by Gasteiger charge is -2.32. The number of hydrogen-bond donors (Lipinski definition) is 0. The van der Waals surface area contributed by atoms with Crippen LogP contribution < -0.4 is 4.74 Å². The fraction of sp³-hybridized carbons (Fsp3) is 0.533. The van der Waals surface area contributed by atoms with E-state index >= 15 is 0 Å². The van der Waals surface area contributed by atoms with Gasteiger partial charge in [0.1, 0.15) is 12.4 Å². The van der Waals surface area contributed by atoms with Crippen molar-refractivity contribution in [3.05, 3.63) is 28.8 Å². The molecule has 2 heterocycles. The Bertz CT molecular complexity index is 686. The number of ether oxygens (including phenoxy) is 1. The lowest BCUT2D eigenvalue weighted by atomic mass is 9.81. The van der Waals surface area contributed by atoms with Crippen molar-refractivity contribution in [2.24, 2.45) is 10.5 Å². The van der Waals surface area contributed by atoms with Gasteiger partial charge in [-0.3, -0.25) is 9.05 Å². The molecule has 1 atom stereocenters. The normalized spacial score (nSPS) is 23.1. The number of rotatable bonds is 5. The minimum absolute atomic E-state index is 0.290. The van der Waals surface area contributed by atoms with Crippen molar-refractivity contribution >= 4 is 25.1 Å². The highest BCUT2D eigenvalue weighted by Crippen LogP contribution is 2.56. The van der Waals surface area contributed by atoms with Crippen LogP contribution in [0.15, 0.2) is 23.3 Å². The molecule has 0 amide bonds. The Morgan fingerprint density at radius 1 is 1.39 bits per heavy atom. The molecule has 0 radical (unpaired) electrons. The fourth-order valence-corrected chi connectivity index (χ4v) is 4.68. The second-order valence-corrected chi connectivity index (χ2v) is 8.12. The first kappa shape index (κ1) is 16.8. The van der Waals surface area contributed by atoms with Crippen molar-refractivity contribution in [3.8, 4) is 5.75 Å². The maximum absolute atomic E-state index is 13.0. The minimum Gasteiger partial charge on any atom is -0.492 e. The van der Waals surface area contributed by atoms with E-state index in [1.54, 1.807) is 26.0 Å². The topological polar surface area (TPSA) is 60.4 Å². The third-order valence-electron chi connectivity index (χ3n) is 3.89. The molecule has 0 N–H and O–H groups in total. The Morgan fingerprint density at radius 2 is 2.09 bits per heavy atom. The SMILES string of the molecule is CCOP(=O)(OCC)N1CC2(C)COc3cc(Cl)ccc3C2=N1. The van der Waals surface area contributed by atoms with Gasteiger partial charge in [0.05, 0.1) is 30.9 Å². The molecule has 126 valence electrons. The molecule has 6 nitrogen and oxygen atoms in total. The molecule has 0 aliphatic carbocycles. The zero-order valence-electron chi connectivity index (χ0n) is 13.4. The highest BCUT2D eigenvalue weighted by atomic mass is 35.5. The molecule has 0 saturated heterocycles. The number of fused-ring (bicyclic) bond motifs is 3. The largest absolute Gasteiger partial charge is 0.492 e. The molecule has 0 saturated carbocycles. The first-order chi connectivity index (χ1) is 10.9. The van der Waals surface area contributed by atoms with Crippen LogP contribution in [0.5, 0.6) is 5.75 Å². The summed E-state index contributed by atoms with van der Waals surface area (Å²) >= 11 is 6.02. The fourth-order valence-electron chi connectivity index (χ4n) is 2.84. The predicted molar refractivity (Wildman–Crippen MR) is 89.2 cm³/mol. The lowest BCUT2D eigenvalue weighted by Crippen LogP contribution is -2.40. The average molecular weight is 359 g/mol. The number of hydrogen-bond acceptors (Lipinski definition) is 5. The minimum atomic E-state index is -3.44. The molecule has 1 aromatic carbocycles. The lowest BCUT2D eigenvalue weighted by molar-refractivity contribution is 0.150.